The minimum Gasteiger partial charge on any atom is -0.481 e. The van der Waals surface area contributed by atoms with E-state index in [1.807, 2.05) is 0 Å². The van der Waals surface area contributed by atoms with Crippen LogP contribution in [0.4, 0.5) is 0 Å². The molecular formula is C12H18O7. The van der Waals surface area contributed by atoms with Gasteiger partial charge in [0.05, 0.1) is 18.4 Å². The highest BCUT2D eigenvalue weighted by atomic mass is 16.5. The second-order valence-corrected chi connectivity index (χ2v) is 4.30. The van der Waals surface area contributed by atoms with Crippen molar-refractivity contribution in [1.82, 2.24) is 0 Å². The molecule has 0 radical (unpaired) electrons. The molecule has 7 nitrogen and oxygen atoms in total. The Hall–Kier alpha value is -1.89. The molecule has 0 aromatic carbocycles. The van der Waals surface area contributed by atoms with Crippen LogP contribution in [0.2, 0.25) is 0 Å². The number of esters is 1. The Balaban J connectivity index is 4.74. The summed E-state index contributed by atoms with van der Waals surface area (Å²) in [7, 11) is 0. The SMILES string of the molecule is C=C(C)C(=O)OCCC(CCO)(CC(=O)O)C(=O)O. The lowest BCUT2D eigenvalue weighted by molar-refractivity contribution is -0.159. The van der Waals surface area contributed by atoms with E-state index in [1.54, 1.807) is 0 Å². The van der Waals surface area contributed by atoms with Gasteiger partial charge in [0, 0.05) is 12.2 Å². The maximum absolute atomic E-state index is 11.2. The molecule has 0 aromatic rings. The van der Waals surface area contributed by atoms with Crippen molar-refractivity contribution in [3.05, 3.63) is 12.2 Å². The number of aliphatic carboxylic acids is 2. The van der Waals surface area contributed by atoms with Crippen LogP contribution in [0.5, 0.6) is 0 Å². The number of aliphatic hydroxyl groups excluding tert-OH is 1. The number of carbonyl (C=O) groups is 3. The molecule has 7 heteroatoms. The predicted octanol–water partition coefficient (Wildman–Crippen LogP) is 0.424. The van der Waals surface area contributed by atoms with Crippen LogP contribution in [0.15, 0.2) is 12.2 Å². The molecule has 19 heavy (non-hydrogen) atoms. The summed E-state index contributed by atoms with van der Waals surface area (Å²) in [4.78, 5) is 33.1. The van der Waals surface area contributed by atoms with Crippen LogP contribution in [-0.2, 0) is 19.1 Å². The molecular weight excluding hydrogens is 256 g/mol. The van der Waals surface area contributed by atoms with Crippen molar-refractivity contribution in [1.29, 1.82) is 0 Å². The monoisotopic (exact) mass is 274 g/mol. The molecule has 0 amide bonds. The average Bonchev–Trinajstić information content (AvgIpc) is 2.27. The first-order valence-electron chi connectivity index (χ1n) is 5.64. The molecule has 1 unspecified atom stereocenters. The van der Waals surface area contributed by atoms with E-state index in [2.05, 4.69) is 6.58 Å². The number of carboxylic acid groups (broad SMARTS) is 2. The molecule has 0 aliphatic heterocycles. The average molecular weight is 274 g/mol. The minimum absolute atomic E-state index is 0.168. The molecule has 3 N–H and O–H groups in total. The molecule has 0 saturated heterocycles. The summed E-state index contributed by atoms with van der Waals surface area (Å²) in [5, 5.41) is 26.8. The zero-order valence-electron chi connectivity index (χ0n) is 10.7. The summed E-state index contributed by atoms with van der Waals surface area (Å²) in [6.07, 6.45) is -1.05. The molecule has 0 aliphatic rings. The van der Waals surface area contributed by atoms with E-state index in [0.717, 1.165) is 0 Å². The van der Waals surface area contributed by atoms with Crippen molar-refractivity contribution < 1.29 is 34.4 Å². The van der Waals surface area contributed by atoms with Gasteiger partial charge in [-0.2, -0.15) is 0 Å². The maximum atomic E-state index is 11.2. The molecule has 0 rings (SSSR count). The zero-order valence-corrected chi connectivity index (χ0v) is 10.7. The smallest absolute Gasteiger partial charge is 0.333 e. The van der Waals surface area contributed by atoms with Gasteiger partial charge in [0.15, 0.2) is 0 Å². The lowest BCUT2D eigenvalue weighted by Crippen LogP contribution is -2.36. The zero-order chi connectivity index (χ0) is 15.1. The highest BCUT2D eigenvalue weighted by Gasteiger charge is 2.40. The van der Waals surface area contributed by atoms with Crippen LogP contribution in [-0.4, -0.2) is 46.4 Å². The van der Waals surface area contributed by atoms with E-state index in [4.69, 9.17) is 20.1 Å². The molecule has 108 valence electrons. The number of aliphatic hydroxyl groups is 1. The Labute approximate surface area is 110 Å². The van der Waals surface area contributed by atoms with Crippen LogP contribution >= 0.6 is 0 Å². The Morgan fingerprint density at radius 1 is 1.21 bits per heavy atom. The van der Waals surface area contributed by atoms with Crippen LogP contribution in [0.25, 0.3) is 0 Å². The van der Waals surface area contributed by atoms with Gasteiger partial charge in [0.2, 0.25) is 0 Å². The van der Waals surface area contributed by atoms with Crippen molar-refractivity contribution in [2.24, 2.45) is 5.41 Å². The van der Waals surface area contributed by atoms with E-state index in [9.17, 15) is 14.4 Å². The molecule has 0 saturated carbocycles. The van der Waals surface area contributed by atoms with Gasteiger partial charge < -0.3 is 20.1 Å². The van der Waals surface area contributed by atoms with Gasteiger partial charge in [0.25, 0.3) is 0 Å². The van der Waals surface area contributed by atoms with Crippen LogP contribution in [0.1, 0.15) is 26.2 Å². The van der Waals surface area contributed by atoms with E-state index in [0.29, 0.717) is 0 Å². The number of carbonyl (C=O) groups excluding carboxylic acids is 1. The number of rotatable bonds is 9. The van der Waals surface area contributed by atoms with Crippen LogP contribution in [0.3, 0.4) is 0 Å². The molecule has 0 aromatic heterocycles. The third kappa shape index (κ3) is 5.52. The standard InChI is InChI=1S/C12H18O7/c1-8(2)10(16)19-6-4-12(3-5-13,11(17)18)7-9(14)15/h13H,1,3-7H2,2H3,(H,14,15)(H,17,18). The summed E-state index contributed by atoms with van der Waals surface area (Å²) < 4.78 is 4.76. The second-order valence-electron chi connectivity index (χ2n) is 4.30. The number of hydrogen-bond acceptors (Lipinski definition) is 5. The van der Waals surface area contributed by atoms with Gasteiger partial charge in [-0.25, -0.2) is 4.79 Å². The second kappa shape index (κ2) is 7.52. The fourth-order valence-corrected chi connectivity index (χ4v) is 1.56. The van der Waals surface area contributed by atoms with Crippen molar-refractivity contribution in [3.8, 4) is 0 Å². The molecule has 0 bridgehead atoms. The van der Waals surface area contributed by atoms with E-state index >= 15 is 0 Å². The molecule has 1 atom stereocenters. The first-order chi connectivity index (χ1) is 8.75. The van der Waals surface area contributed by atoms with E-state index in [1.165, 1.54) is 6.92 Å². The van der Waals surface area contributed by atoms with Crippen LogP contribution < -0.4 is 0 Å². The lowest BCUT2D eigenvalue weighted by atomic mass is 9.78. The highest BCUT2D eigenvalue weighted by Crippen LogP contribution is 2.31. The summed E-state index contributed by atoms with van der Waals surface area (Å²) in [6.45, 7) is 4.10. The quantitative estimate of drug-likeness (QED) is 0.411. The number of carboxylic acids is 2. The summed E-state index contributed by atoms with van der Waals surface area (Å²) >= 11 is 0. The topological polar surface area (TPSA) is 121 Å². The maximum Gasteiger partial charge on any atom is 0.333 e. The number of ether oxygens (including phenoxy) is 1. The van der Waals surface area contributed by atoms with Gasteiger partial charge in [0.1, 0.15) is 0 Å². The third-order valence-corrected chi connectivity index (χ3v) is 2.70. The van der Waals surface area contributed by atoms with Gasteiger partial charge >= 0.3 is 17.9 Å². The Bertz CT molecular complexity index is 374. The van der Waals surface area contributed by atoms with Gasteiger partial charge in [-0.1, -0.05) is 6.58 Å². The van der Waals surface area contributed by atoms with E-state index < -0.39 is 36.4 Å². The lowest BCUT2D eigenvalue weighted by Gasteiger charge is -2.26. The van der Waals surface area contributed by atoms with Gasteiger partial charge in [-0.05, 0) is 19.8 Å². The normalized spacial score (nSPS) is 13.4. The molecule has 0 spiro atoms. The third-order valence-electron chi connectivity index (χ3n) is 2.70. The first kappa shape index (κ1) is 17.1. The van der Waals surface area contributed by atoms with Crippen molar-refractivity contribution in [3.63, 3.8) is 0 Å². The highest BCUT2D eigenvalue weighted by molar-refractivity contribution is 5.87. The van der Waals surface area contributed by atoms with Crippen molar-refractivity contribution in [2.45, 2.75) is 26.2 Å². The van der Waals surface area contributed by atoms with Gasteiger partial charge in [-0.3, -0.25) is 9.59 Å². The summed E-state index contributed by atoms with van der Waals surface area (Å²) in [6, 6.07) is 0. The molecule has 0 aliphatic carbocycles. The first-order valence-corrected chi connectivity index (χ1v) is 5.64. The fourth-order valence-electron chi connectivity index (χ4n) is 1.56. The van der Waals surface area contributed by atoms with Gasteiger partial charge in [-0.15, -0.1) is 0 Å². The Morgan fingerprint density at radius 2 is 1.79 bits per heavy atom. The predicted molar refractivity (Wildman–Crippen MR) is 64.4 cm³/mol. The fraction of sp³-hybridized carbons (Fsp3) is 0.583. The van der Waals surface area contributed by atoms with E-state index in [-0.39, 0.29) is 25.0 Å². The van der Waals surface area contributed by atoms with Crippen molar-refractivity contribution in [2.75, 3.05) is 13.2 Å². The largest absolute Gasteiger partial charge is 0.481 e. The number of hydrogen-bond donors (Lipinski definition) is 3. The van der Waals surface area contributed by atoms with Crippen molar-refractivity contribution >= 4 is 17.9 Å². The van der Waals surface area contributed by atoms with Crippen LogP contribution in [0, 0.1) is 5.41 Å². The minimum atomic E-state index is -1.64. The summed E-state index contributed by atoms with van der Waals surface area (Å²) in [5.41, 5.74) is -1.48. The Kier molecular flexibility index (Phi) is 6.78. The molecule has 0 heterocycles. The summed E-state index contributed by atoms with van der Waals surface area (Å²) in [5.74, 6) is -3.30. The Morgan fingerprint density at radius 3 is 2.16 bits per heavy atom. The molecule has 0 fully saturated rings.